The summed E-state index contributed by atoms with van der Waals surface area (Å²) in [5.41, 5.74) is 8.00. The predicted molar refractivity (Wildman–Crippen MR) is 204 cm³/mol. The minimum atomic E-state index is -0.995. The highest BCUT2D eigenvalue weighted by atomic mass is 16.7. The van der Waals surface area contributed by atoms with Crippen LogP contribution in [0.3, 0.4) is 0 Å². The maximum Gasteiger partial charge on any atom is 0.408 e. The molecule has 2 aliphatic rings. The van der Waals surface area contributed by atoms with Crippen molar-refractivity contribution in [3.8, 4) is 11.1 Å². The van der Waals surface area contributed by atoms with Crippen LogP contribution in [0.5, 0.6) is 0 Å². The first-order chi connectivity index (χ1) is 26.9. The van der Waals surface area contributed by atoms with Crippen LogP contribution in [0.4, 0.5) is 4.79 Å². The number of nitrogens with zero attached hydrogens (tertiary/aromatic N) is 3. The number of para-hydroxylation sites is 2. The molecule has 0 radical (unpaired) electrons. The first-order valence-corrected chi connectivity index (χ1v) is 18.3. The van der Waals surface area contributed by atoms with Crippen molar-refractivity contribution in [2.24, 2.45) is 0 Å². The number of fused-ring (bicyclic) bond motifs is 1. The third-order valence-corrected chi connectivity index (χ3v) is 10.1. The number of imide groups is 1. The smallest absolute Gasteiger partial charge is 0.408 e. The summed E-state index contributed by atoms with van der Waals surface area (Å²) in [5.74, 6) is -0.842. The van der Waals surface area contributed by atoms with Crippen molar-refractivity contribution in [3.63, 3.8) is 0 Å². The number of aliphatic hydroxyl groups is 1. The van der Waals surface area contributed by atoms with Crippen molar-refractivity contribution >= 4 is 28.9 Å². The molecule has 2 aliphatic heterocycles. The van der Waals surface area contributed by atoms with Gasteiger partial charge in [-0.25, -0.2) is 9.78 Å². The van der Waals surface area contributed by atoms with Gasteiger partial charge in [-0.05, 0) is 45.5 Å². The van der Waals surface area contributed by atoms with Gasteiger partial charge in [0.05, 0.1) is 55.7 Å². The maximum atomic E-state index is 13.3. The number of aliphatic hydroxyl groups excluding tert-OH is 1. The number of alkyl carbamates (subject to hydrolysis) is 1. The quantitative estimate of drug-likeness (QED) is 0.136. The molecule has 0 aliphatic carbocycles. The molecule has 1 aromatic heterocycles. The molecule has 278 valence electrons. The molecule has 6 aromatic rings. The molecule has 55 heavy (non-hydrogen) atoms. The van der Waals surface area contributed by atoms with Crippen LogP contribution in [0.1, 0.15) is 53.1 Å². The second-order valence-corrected chi connectivity index (χ2v) is 13.8. The Kier molecular flexibility index (Phi) is 10.5. The third kappa shape index (κ3) is 8.04. The first-order valence-electron chi connectivity index (χ1n) is 18.3. The number of hydrogen-bond acceptors (Lipinski definition) is 8. The largest absolute Gasteiger partial charge is 0.445 e. The molecule has 11 nitrogen and oxygen atoms in total. The molecule has 2 fully saturated rings. The Hall–Kier alpha value is -6.14. The zero-order valence-corrected chi connectivity index (χ0v) is 30.0. The van der Waals surface area contributed by atoms with E-state index in [9.17, 15) is 19.5 Å². The molecule has 2 N–H and O–H groups in total. The van der Waals surface area contributed by atoms with Gasteiger partial charge in [-0.3, -0.25) is 14.5 Å². The van der Waals surface area contributed by atoms with E-state index >= 15 is 0 Å². The van der Waals surface area contributed by atoms with Gasteiger partial charge in [0.1, 0.15) is 12.6 Å². The fraction of sp³-hybridized carbons (Fsp3) is 0.227. The van der Waals surface area contributed by atoms with E-state index in [1.165, 1.54) is 4.90 Å². The topological polar surface area (TPSA) is 132 Å². The third-order valence-electron chi connectivity index (χ3n) is 10.1. The number of rotatable bonds is 11. The number of ether oxygens (including phenoxy) is 3. The second kappa shape index (κ2) is 16.1. The fourth-order valence-corrected chi connectivity index (χ4v) is 7.21. The van der Waals surface area contributed by atoms with E-state index < -0.39 is 24.3 Å². The molecule has 0 saturated carbocycles. The molecule has 1 unspecified atom stereocenters. The summed E-state index contributed by atoms with van der Waals surface area (Å²) in [5, 5.41) is 12.2. The highest BCUT2D eigenvalue weighted by Crippen LogP contribution is 2.39. The van der Waals surface area contributed by atoms with Gasteiger partial charge in [0.15, 0.2) is 6.29 Å². The highest BCUT2D eigenvalue weighted by Gasteiger charge is 2.40. The van der Waals surface area contributed by atoms with E-state index in [-0.39, 0.29) is 44.3 Å². The van der Waals surface area contributed by atoms with Crippen LogP contribution in [0.15, 0.2) is 134 Å². The Bertz CT molecular complexity index is 2290. The van der Waals surface area contributed by atoms with Crippen LogP contribution in [0.25, 0.3) is 22.2 Å². The molecule has 11 heteroatoms. The summed E-state index contributed by atoms with van der Waals surface area (Å²) >= 11 is 0. The molecule has 8 rings (SSSR count). The number of nitrogens with one attached hydrogen (secondary N) is 1. The highest BCUT2D eigenvalue weighted by molar-refractivity contribution is 6.06. The van der Waals surface area contributed by atoms with Gasteiger partial charge in [-0.1, -0.05) is 115 Å². The van der Waals surface area contributed by atoms with Crippen LogP contribution >= 0.6 is 0 Å². The molecule has 3 heterocycles. The molecule has 0 bridgehead atoms. The van der Waals surface area contributed by atoms with Crippen molar-refractivity contribution in [2.45, 2.75) is 63.7 Å². The van der Waals surface area contributed by atoms with Crippen LogP contribution in [0, 0.1) is 0 Å². The van der Waals surface area contributed by atoms with E-state index in [1.54, 1.807) is 0 Å². The van der Waals surface area contributed by atoms with E-state index in [1.807, 2.05) is 128 Å². The fourth-order valence-electron chi connectivity index (χ4n) is 7.21. The van der Waals surface area contributed by atoms with Crippen molar-refractivity contribution in [1.82, 2.24) is 19.8 Å². The molecular weight excluding hydrogens is 697 g/mol. The zero-order valence-electron chi connectivity index (χ0n) is 30.0. The average Bonchev–Trinajstić information content (AvgIpc) is 3.75. The minimum absolute atomic E-state index is 0.0300. The van der Waals surface area contributed by atoms with Crippen molar-refractivity contribution in [3.05, 3.63) is 162 Å². The second-order valence-electron chi connectivity index (χ2n) is 13.8. The van der Waals surface area contributed by atoms with Gasteiger partial charge in [-0.15, -0.1) is 0 Å². The molecule has 4 atom stereocenters. The van der Waals surface area contributed by atoms with Gasteiger partial charge in [0.2, 0.25) is 5.91 Å². The molecule has 0 spiro atoms. The van der Waals surface area contributed by atoms with Crippen LogP contribution in [-0.4, -0.2) is 49.6 Å². The lowest BCUT2D eigenvalue weighted by molar-refractivity contribution is -0.252. The molecular formula is C44H40N4O7. The number of benzene rings is 5. The predicted octanol–water partition coefficient (Wildman–Crippen LogP) is 7.00. The van der Waals surface area contributed by atoms with Gasteiger partial charge in [0.25, 0.3) is 5.91 Å². The molecule has 5 aromatic carbocycles. The summed E-state index contributed by atoms with van der Waals surface area (Å²) in [6.45, 7) is 0.677. The summed E-state index contributed by atoms with van der Waals surface area (Å²) in [4.78, 5) is 44.6. The summed E-state index contributed by atoms with van der Waals surface area (Å²) in [7, 11) is 0. The maximum absolute atomic E-state index is 13.3. The van der Waals surface area contributed by atoms with Gasteiger partial charge in [0, 0.05) is 12.0 Å². The Morgan fingerprint density at radius 2 is 1.55 bits per heavy atom. The summed E-state index contributed by atoms with van der Waals surface area (Å²) in [6.07, 6.45) is 0.510. The van der Waals surface area contributed by atoms with Crippen molar-refractivity contribution in [1.29, 1.82) is 0 Å². The Balaban J connectivity index is 0.970. The van der Waals surface area contributed by atoms with Crippen molar-refractivity contribution < 1.29 is 33.7 Å². The standard InChI is InChI=1S/C44H40N4O7/c49-26-29-14-16-32(17-15-29)40-22-35(25-47-28-45-37-12-6-7-13-39(37)47)54-43(55-40)33-20-18-31(19-21-33)36-11-5-4-10-34(36)24-48-41(50)23-38(42(48)51)46-44(52)53-27-30-8-2-1-3-9-30/h1-21,28,35,38,40,43,49H,22-27H2,(H,46,52)/t35-,38?,40+,43+/m0/s1. The molecule has 3 amide bonds. The lowest BCUT2D eigenvalue weighted by atomic mass is 9.97. The van der Waals surface area contributed by atoms with Gasteiger partial charge < -0.3 is 29.2 Å². The lowest BCUT2D eigenvalue weighted by Gasteiger charge is -2.36. The normalized spacial score (nSPS) is 19.8. The van der Waals surface area contributed by atoms with Gasteiger partial charge in [-0.2, -0.15) is 0 Å². The molecule has 2 saturated heterocycles. The first kappa shape index (κ1) is 35.9. The number of carbonyl (C=O) groups is 3. The number of hydrogen-bond donors (Lipinski definition) is 2. The lowest BCUT2D eigenvalue weighted by Crippen LogP contribution is -2.41. The summed E-state index contributed by atoms with van der Waals surface area (Å²) in [6, 6.07) is 39.6. The Labute approximate surface area is 318 Å². The zero-order chi connectivity index (χ0) is 37.7. The minimum Gasteiger partial charge on any atom is -0.445 e. The number of amides is 3. The Morgan fingerprint density at radius 3 is 2.35 bits per heavy atom. The van der Waals surface area contributed by atoms with Crippen molar-refractivity contribution in [2.75, 3.05) is 0 Å². The monoisotopic (exact) mass is 736 g/mol. The number of imidazole rings is 1. The number of aromatic nitrogens is 2. The van der Waals surface area contributed by atoms with Gasteiger partial charge >= 0.3 is 6.09 Å². The van der Waals surface area contributed by atoms with E-state index in [0.29, 0.717) is 13.0 Å². The SMILES string of the molecule is O=C(NC1CC(=O)N(Cc2ccccc2-c2ccc([C@@H]3O[C@H](Cn4cnc5ccccc54)C[C@H](c4ccc(CO)cc4)O3)cc2)C1=O)OCc1ccccc1. The number of likely N-dealkylation sites (tertiary alicyclic amines) is 1. The summed E-state index contributed by atoms with van der Waals surface area (Å²) < 4.78 is 20.6. The van der Waals surface area contributed by atoms with E-state index in [0.717, 1.165) is 50.0 Å². The van der Waals surface area contributed by atoms with Crippen LogP contribution < -0.4 is 5.32 Å². The van der Waals surface area contributed by atoms with Crippen LogP contribution in [-0.2, 0) is 50.1 Å². The average molecular weight is 737 g/mol. The number of carbonyl (C=O) groups excluding carboxylic acids is 3. The van der Waals surface area contributed by atoms with E-state index in [2.05, 4.69) is 20.9 Å². The van der Waals surface area contributed by atoms with E-state index in [4.69, 9.17) is 14.2 Å². The Morgan fingerprint density at radius 1 is 0.818 bits per heavy atom. The van der Waals surface area contributed by atoms with Crippen LogP contribution in [0.2, 0.25) is 0 Å².